The van der Waals surface area contributed by atoms with Crippen molar-refractivity contribution in [3.05, 3.63) is 51.4 Å². The van der Waals surface area contributed by atoms with E-state index in [4.69, 9.17) is 4.74 Å². The van der Waals surface area contributed by atoms with Gasteiger partial charge in [-0.25, -0.2) is 18.2 Å². The highest BCUT2D eigenvalue weighted by atomic mass is 32.2. The second-order valence-corrected chi connectivity index (χ2v) is 11.7. The smallest absolute Gasteiger partial charge is 0.332 e. The van der Waals surface area contributed by atoms with Crippen LogP contribution in [0, 0.1) is 0 Å². The number of ether oxygens (including phenoxy) is 1. The van der Waals surface area contributed by atoms with Crippen molar-refractivity contribution in [3.63, 3.8) is 0 Å². The Bertz CT molecular complexity index is 1490. The molecule has 3 heterocycles. The zero-order chi connectivity index (χ0) is 27.6. The molecular weight excluding hydrogens is 516 g/mol. The molecule has 4 rings (SSSR count). The molecule has 0 saturated carbocycles. The minimum atomic E-state index is -3.64. The van der Waals surface area contributed by atoms with E-state index in [1.165, 1.54) is 37.2 Å². The van der Waals surface area contributed by atoms with Crippen molar-refractivity contribution >= 4 is 21.0 Å². The van der Waals surface area contributed by atoms with E-state index in [1.54, 1.807) is 23.7 Å². The van der Waals surface area contributed by atoms with Gasteiger partial charge in [0.05, 0.1) is 42.8 Å². The van der Waals surface area contributed by atoms with Crippen molar-refractivity contribution in [2.45, 2.75) is 23.6 Å². The average Bonchev–Trinajstić information content (AvgIpc) is 3.30. The zero-order valence-electron chi connectivity index (χ0n) is 21.7. The number of fused-ring (bicyclic) bond motifs is 1. The summed E-state index contributed by atoms with van der Waals surface area (Å²) in [5.74, 6) is 0.185. The molecule has 1 saturated heterocycles. The molecule has 1 aliphatic rings. The maximum atomic E-state index is 12.6. The maximum absolute atomic E-state index is 12.6. The second kappa shape index (κ2) is 11.4. The summed E-state index contributed by atoms with van der Waals surface area (Å²) in [5, 5.41) is 21.2. The fraction of sp³-hybridized carbons (Fsp3) is 0.542. The molecule has 14 heteroatoms. The van der Waals surface area contributed by atoms with Crippen LogP contribution < -0.4 is 16.0 Å². The summed E-state index contributed by atoms with van der Waals surface area (Å²) < 4.78 is 34.2. The summed E-state index contributed by atoms with van der Waals surface area (Å²) in [6.07, 6.45) is -0.359. The number of hydrogen-bond donors (Lipinski definition) is 2. The SMILES string of the molecule is COc1ccc(S(=O)(=O)CC(O)CN2CCN(CC(O)Cn3cnc4c3c(=O)n(C)c(=O)n4C)CC2)cc1. The molecule has 2 unspecified atom stereocenters. The van der Waals surface area contributed by atoms with Gasteiger partial charge in [0.1, 0.15) is 5.75 Å². The molecule has 0 aliphatic carbocycles. The van der Waals surface area contributed by atoms with Crippen LogP contribution in [0.3, 0.4) is 0 Å². The first-order chi connectivity index (χ1) is 18.0. The number of rotatable bonds is 10. The Kier molecular flexibility index (Phi) is 8.37. The standard InChI is InChI=1S/C24H34N6O7S/c1-26-22-21(23(33)27(2)24(26)34)30(16-25-22)14-17(31)12-28-8-10-29(11-9-28)13-18(32)15-38(35,36)20-6-4-19(37-3)5-7-20/h4-7,16-18,31-32H,8-15H2,1-3H3. The lowest BCUT2D eigenvalue weighted by Gasteiger charge is -2.36. The summed E-state index contributed by atoms with van der Waals surface area (Å²) in [6, 6.07) is 6.08. The predicted molar refractivity (Wildman–Crippen MR) is 140 cm³/mol. The fourth-order valence-corrected chi connectivity index (χ4v) is 6.11. The first-order valence-corrected chi connectivity index (χ1v) is 13.9. The Morgan fingerprint density at radius 2 is 1.50 bits per heavy atom. The molecule has 1 aliphatic heterocycles. The number of imidazole rings is 1. The van der Waals surface area contributed by atoms with Crippen molar-refractivity contribution in [2.24, 2.45) is 14.1 Å². The van der Waals surface area contributed by atoms with Crippen LogP contribution in [-0.2, 0) is 30.5 Å². The molecule has 0 bridgehead atoms. The van der Waals surface area contributed by atoms with Crippen LogP contribution in [0.5, 0.6) is 5.75 Å². The number of aliphatic hydroxyl groups is 2. The topological polar surface area (TPSA) is 152 Å². The number of β-amino-alcohol motifs (C(OH)–C–C–N with tert-alkyl or cyclic N) is 2. The predicted octanol–water partition coefficient (Wildman–Crippen LogP) is -1.74. The van der Waals surface area contributed by atoms with Crippen LogP contribution in [0.1, 0.15) is 0 Å². The Morgan fingerprint density at radius 3 is 2.08 bits per heavy atom. The van der Waals surface area contributed by atoms with E-state index >= 15 is 0 Å². The van der Waals surface area contributed by atoms with Gasteiger partial charge in [-0.3, -0.25) is 23.7 Å². The number of hydrogen-bond acceptors (Lipinski definition) is 10. The molecule has 208 valence electrons. The minimum absolute atomic E-state index is 0.141. The van der Waals surface area contributed by atoms with Gasteiger partial charge in [-0.1, -0.05) is 0 Å². The molecule has 0 spiro atoms. The van der Waals surface area contributed by atoms with Gasteiger partial charge in [0.2, 0.25) is 0 Å². The molecule has 1 aromatic carbocycles. The van der Waals surface area contributed by atoms with E-state index in [0.717, 1.165) is 4.57 Å². The molecule has 2 atom stereocenters. The van der Waals surface area contributed by atoms with Crippen LogP contribution >= 0.6 is 0 Å². The third kappa shape index (κ3) is 5.99. The summed E-state index contributed by atoms with van der Waals surface area (Å²) >= 11 is 0. The van der Waals surface area contributed by atoms with Crippen molar-refractivity contribution < 1.29 is 23.4 Å². The molecule has 38 heavy (non-hydrogen) atoms. The summed E-state index contributed by atoms with van der Waals surface area (Å²) in [5.41, 5.74) is -0.396. The van der Waals surface area contributed by atoms with Gasteiger partial charge in [0, 0.05) is 53.4 Å². The molecule has 0 radical (unpaired) electrons. The van der Waals surface area contributed by atoms with Crippen LogP contribution in [0.2, 0.25) is 0 Å². The number of sulfone groups is 1. The number of aromatic nitrogens is 4. The van der Waals surface area contributed by atoms with Crippen molar-refractivity contribution in [1.82, 2.24) is 28.5 Å². The van der Waals surface area contributed by atoms with Gasteiger partial charge in [0.15, 0.2) is 21.0 Å². The zero-order valence-corrected chi connectivity index (χ0v) is 22.5. The van der Waals surface area contributed by atoms with Crippen molar-refractivity contribution in [2.75, 3.05) is 52.1 Å². The van der Waals surface area contributed by atoms with Crippen LogP contribution in [0.4, 0.5) is 0 Å². The van der Waals surface area contributed by atoms with E-state index in [1.807, 2.05) is 4.90 Å². The molecule has 2 aromatic heterocycles. The van der Waals surface area contributed by atoms with E-state index in [0.29, 0.717) is 38.5 Å². The normalized spacial score (nSPS) is 17.1. The lowest BCUT2D eigenvalue weighted by atomic mass is 10.2. The molecule has 0 amide bonds. The van der Waals surface area contributed by atoms with E-state index in [-0.39, 0.29) is 34.9 Å². The number of aliphatic hydroxyl groups excluding tert-OH is 2. The van der Waals surface area contributed by atoms with Crippen LogP contribution in [-0.4, -0.2) is 111 Å². The molecule has 2 N–H and O–H groups in total. The quantitative estimate of drug-likeness (QED) is 0.297. The minimum Gasteiger partial charge on any atom is -0.497 e. The lowest BCUT2D eigenvalue weighted by Crippen LogP contribution is -2.51. The largest absolute Gasteiger partial charge is 0.497 e. The van der Waals surface area contributed by atoms with E-state index in [2.05, 4.69) is 9.88 Å². The molecule has 1 fully saturated rings. The monoisotopic (exact) mass is 550 g/mol. The summed E-state index contributed by atoms with van der Waals surface area (Å²) in [7, 11) is 0.814. The van der Waals surface area contributed by atoms with Crippen molar-refractivity contribution in [1.29, 1.82) is 0 Å². The number of methoxy groups -OCH3 is 1. The summed E-state index contributed by atoms with van der Waals surface area (Å²) in [4.78, 5) is 33.1. The molecule has 3 aromatic rings. The van der Waals surface area contributed by atoms with Gasteiger partial charge < -0.3 is 19.5 Å². The third-order valence-corrected chi connectivity index (χ3v) is 8.67. The van der Waals surface area contributed by atoms with Crippen LogP contribution in [0.25, 0.3) is 11.2 Å². The van der Waals surface area contributed by atoms with Gasteiger partial charge in [-0.05, 0) is 24.3 Å². The van der Waals surface area contributed by atoms with Gasteiger partial charge in [-0.2, -0.15) is 0 Å². The van der Waals surface area contributed by atoms with Gasteiger partial charge >= 0.3 is 5.69 Å². The van der Waals surface area contributed by atoms with E-state index in [9.17, 15) is 28.2 Å². The van der Waals surface area contributed by atoms with Gasteiger partial charge in [-0.15, -0.1) is 0 Å². The highest BCUT2D eigenvalue weighted by molar-refractivity contribution is 7.91. The number of benzene rings is 1. The highest BCUT2D eigenvalue weighted by Gasteiger charge is 2.25. The Morgan fingerprint density at radius 1 is 0.921 bits per heavy atom. The first kappa shape index (κ1) is 28.0. The molecule has 13 nitrogen and oxygen atoms in total. The molecular formula is C24H34N6O7S. The summed E-state index contributed by atoms with van der Waals surface area (Å²) in [6.45, 7) is 3.24. The van der Waals surface area contributed by atoms with Crippen molar-refractivity contribution in [3.8, 4) is 5.75 Å². The lowest BCUT2D eigenvalue weighted by molar-refractivity contribution is 0.0486. The highest BCUT2D eigenvalue weighted by Crippen LogP contribution is 2.18. The van der Waals surface area contributed by atoms with Gasteiger partial charge in [0.25, 0.3) is 5.56 Å². The first-order valence-electron chi connectivity index (χ1n) is 12.3. The second-order valence-electron chi connectivity index (χ2n) is 9.64. The number of aryl methyl sites for hydroxylation is 1. The Labute approximate surface area is 220 Å². The van der Waals surface area contributed by atoms with Crippen LogP contribution in [0.15, 0.2) is 45.1 Å². The number of piperazine rings is 1. The Hall–Kier alpha value is -3.04. The maximum Gasteiger partial charge on any atom is 0.332 e. The average molecular weight is 551 g/mol. The number of nitrogens with zero attached hydrogens (tertiary/aromatic N) is 6. The fourth-order valence-electron chi connectivity index (χ4n) is 4.76. The Balaban J connectivity index is 1.27. The third-order valence-electron chi connectivity index (χ3n) is 6.86. The van der Waals surface area contributed by atoms with E-state index < -0.39 is 33.3 Å².